The molecule has 0 amide bonds. The Morgan fingerprint density at radius 3 is 2.87 bits per heavy atom. The highest BCUT2D eigenvalue weighted by Crippen LogP contribution is 2.22. The van der Waals surface area contributed by atoms with Gasteiger partial charge in [0.25, 0.3) is 0 Å². The normalized spacial score (nSPS) is 20.5. The first kappa shape index (κ1) is 10.2. The first-order chi connectivity index (χ1) is 7.16. The van der Waals surface area contributed by atoms with Crippen LogP contribution >= 0.6 is 0 Å². The van der Waals surface area contributed by atoms with Gasteiger partial charge < -0.3 is 15.2 Å². The number of rotatable bonds is 2. The molecule has 1 fully saturated rings. The van der Waals surface area contributed by atoms with Crippen LogP contribution in [-0.4, -0.2) is 29.3 Å². The molecule has 0 spiro atoms. The van der Waals surface area contributed by atoms with Crippen molar-refractivity contribution in [1.82, 2.24) is 9.97 Å². The van der Waals surface area contributed by atoms with Crippen LogP contribution in [0.2, 0.25) is 0 Å². The van der Waals surface area contributed by atoms with Gasteiger partial charge in [-0.25, -0.2) is 4.98 Å². The summed E-state index contributed by atoms with van der Waals surface area (Å²) in [7, 11) is 0. The van der Waals surface area contributed by atoms with Crippen molar-refractivity contribution in [3.63, 3.8) is 0 Å². The highest BCUT2D eigenvalue weighted by Gasteiger charge is 2.19. The van der Waals surface area contributed by atoms with Gasteiger partial charge in [0.05, 0.1) is 18.8 Å². The molecule has 0 aromatic carbocycles. The molecule has 0 bridgehead atoms. The van der Waals surface area contributed by atoms with Crippen LogP contribution in [0, 0.1) is 13.8 Å². The number of hydrogen-bond acceptors (Lipinski definition) is 5. The van der Waals surface area contributed by atoms with Crippen molar-refractivity contribution in [1.29, 1.82) is 0 Å². The maximum atomic E-state index is 5.73. The number of nitrogens with zero attached hydrogens (tertiary/aromatic N) is 2. The number of ether oxygens (including phenoxy) is 2. The summed E-state index contributed by atoms with van der Waals surface area (Å²) in [6.45, 7) is 5.04. The minimum Gasteiger partial charge on any atom is -0.471 e. The Morgan fingerprint density at radius 2 is 2.20 bits per heavy atom. The van der Waals surface area contributed by atoms with E-state index in [0.29, 0.717) is 24.1 Å². The summed E-state index contributed by atoms with van der Waals surface area (Å²) < 4.78 is 10.9. The summed E-state index contributed by atoms with van der Waals surface area (Å²) >= 11 is 0. The van der Waals surface area contributed by atoms with Crippen molar-refractivity contribution in [3.8, 4) is 5.88 Å². The van der Waals surface area contributed by atoms with Crippen molar-refractivity contribution < 1.29 is 9.47 Å². The maximum absolute atomic E-state index is 5.73. The molecule has 0 radical (unpaired) electrons. The van der Waals surface area contributed by atoms with E-state index in [2.05, 4.69) is 9.97 Å². The van der Waals surface area contributed by atoms with Crippen LogP contribution in [0.4, 0.5) is 5.82 Å². The molecule has 1 aliphatic rings. The standard InChI is InChI=1S/C10H15N3O2/c1-6-9(11)12-7(2)13-10(6)15-8-3-4-14-5-8/h8H,3-5H2,1-2H3,(H2,11,12,13). The first-order valence-electron chi connectivity index (χ1n) is 5.02. The Kier molecular flexibility index (Phi) is 2.73. The van der Waals surface area contributed by atoms with Gasteiger partial charge >= 0.3 is 0 Å². The monoisotopic (exact) mass is 209 g/mol. The quantitative estimate of drug-likeness (QED) is 0.781. The molecular weight excluding hydrogens is 194 g/mol. The van der Waals surface area contributed by atoms with Crippen molar-refractivity contribution in [2.24, 2.45) is 0 Å². The Labute approximate surface area is 88.6 Å². The molecule has 1 atom stereocenters. The van der Waals surface area contributed by atoms with E-state index in [9.17, 15) is 0 Å². The number of hydrogen-bond donors (Lipinski definition) is 1. The molecular formula is C10H15N3O2. The summed E-state index contributed by atoms with van der Waals surface area (Å²) in [5.74, 6) is 1.69. The largest absolute Gasteiger partial charge is 0.471 e. The van der Waals surface area contributed by atoms with Crippen LogP contribution in [0.25, 0.3) is 0 Å². The fourth-order valence-corrected chi connectivity index (χ4v) is 1.50. The van der Waals surface area contributed by atoms with E-state index in [1.54, 1.807) is 6.92 Å². The average molecular weight is 209 g/mol. The topological polar surface area (TPSA) is 70.3 Å². The fraction of sp³-hybridized carbons (Fsp3) is 0.600. The van der Waals surface area contributed by atoms with E-state index >= 15 is 0 Å². The molecule has 15 heavy (non-hydrogen) atoms. The zero-order valence-corrected chi connectivity index (χ0v) is 8.99. The van der Waals surface area contributed by atoms with Gasteiger partial charge in [0.15, 0.2) is 0 Å². The highest BCUT2D eigenvalue weighted by atomic mass is 16.5. The van der Waals surface area contributed by atoms with Gasteiger partial charge in [-0.05, 0) is 13.8 Å². The Balaban J connectivity index is 2.19. The van der Waals surface area contributed by atoms with Crippen molar-refractivity contribution in [3.05, 3.63) is 11.4 Å². The Bertz CT molecular complexity index is 362. The third-order valence-corrected chi connectivity index (χ3v) is 2.42. The van der Waals surface area contributed by atoms with E-state index in [-0.39, 0.29) is 6.10 Å². The second kappa shape index (κ2) is 4.02. The molecule has 1 aromatic heterocycles. The van der Waals surface area contributed by atoms with Crippen LogP contribution in [0.3, 0.4) is 0 Å². The van der Waals surface area contributed by atoms with Gasteiger partial charge in [0, 0.05) is 6.42 Å². The molecule has 1 aromatic rings. The lowest BCUT2D eigenvalue weighted by Gasteiger charge is -2.13. The summed E-state index contributed by atoms with van der Waals surface area (Å²) in [6, 6.07) is 0. The van der Waals surface area contributed by atoms with E-state index in [1.807, 2.05) is 6.92 Å². The fourth-order valence-electron chi connectivity index (χ4n) is 1.50. The molecule has 2 heterocycles. The molecule has 2 N–H and O–H groups in total. The van der Waals surface area contributed by atoms with Gasteiger partial charge in [-0.15, -0.1) is 0 Å². The number of nitrogens with two attached hydrogens (primary N) is 1. The van der Waals surface area contributed by atoms with Crippen molar-refractivity contribution >= 4 is 5.82 Å². The number of anilines is 1. The smallest absolute Gasteiger partial charge is 0.222 e. The second-order valence-corrected chi connectivity index (χ2v) is 3.69. The van der Waals surface area contributed by atoms with Crippen molar-refractivity contribution in [2.45, 2.75) is 26.4 Å². The Hall–Kier alpha value is -1.36. The second-order valence-electron chi connectivity index (χ2n) is 3.69. The molecule has 82 valence electrons. The first-order valence-corrected chi connectivity index (χ1v) is 5.02. The number of aryl methyl sites for hydroxylation is 1. The summed E-state index contributed by atoms with van der Waals surface area (Å²) in [6.07, 6.45) is 1.000. The molecule has 1 saturated heterocycles. The zero-order chi connectivity index (χ0) is 10.8. The molecule has 2 rings (SSSR count). The van der Waals surface area contributed by atoms with E-state index in [4.69, 9.17) is 15.2 Å². The minimum absolute atomic E-state index is 0.0948. The minimum atomic E-state index is 0.0948. The SMILES string of the molecule is Cc1nc(N)c(C)c(OC2CCOC2)n1. The van der Waals surface area contributed by atoms with Crippen LogP contribution in [-0.2, 0) is 4.74 Å². The third-order valence-electron chi connectivity index (χ3n) is 2.42. The van der Waals surface area contributed by atoms with E-state index in [0.717, 1.165) is 18.6 Å². The average Bonchev–Trinajstić information content (AvgIpc) is 2.66. The van der Waals surface area contributed by atoms with Gasteiger partial charge in [0.2, 0.25) is 5.88 Å². The predicted molar refractivity (Wildman–Crippen MR) is 55.8 cm³/mol. The Morgan fingerprint density at radius 1 is 1.40 bits per heavy atom. The molecule has 1 unspecified atom stereocenters. The number of aromatic nitrogens is 2. The van der Waals surface area contributed by atoms with Gasteiger partial charge in [-0.3, -0.25) is 0 Å². The lowest BCUT2D eigenvalue weighted by molar-refractivity contribution is 0.137. The van der Waals surface area contributed by atoms with E-state index < -0.39 is 0 Å². The van der Waals surface area contributed by atoms with Crippen molar-refractivity contribution in [2.75, 3.05) is 18.9 Å². The lowest BCUT2D eigenvalue weighted by Crippen LogP contribution is -2.18. The lowest BCUT2D eigenvalue weighted by atomic mass is 10.3. The predicted octanol–water partition coefficient (Wildman–Crippen LogP) is 0.843. The number of nitrogen functional groups attached to an aromatic ring is 1. The van der Waals surface area contributed by atoms with Crippen LogP contribution in [0.5, 0.6) is 5.88 Å². The van der Waals surface area contributed by atoms with Gasteiger partial charge in [-0.1, -0.05) is 0 Å². The molecule has 0 saturated carbocycles. The van der Waals surface area contributed by atoms with Gasteiger partial charge in [-0.2, -0.15) is 4.98 Å². The molecule has 1 aliphatic heterocycles. The highest BCUT2D eigenvalue weighted by molar-refractivity contribution is 5.44. The van der Waals surface area contributed by atoms with Crippen LogP contribution < -0.4 is 10.5 Å². The van der Waals surface area contributed by atoms with Gasteiger partial charge in [0.1, 0.15) is 17.7 Å². The maximum Gasteiger partial charge on any atom is 0.222 e. The van der Waals surface area contributed by atoms with Crippen LogP contribution in [0.1, 0.15) is 17.8 Å². The summed E-state index contributed by atoms with van der Waals surface area (Å²) in [4.78, 5) is 8.29. The summed E-state index contributed by atoms with van der Waals surface area (Å²) in [5, 5.41) is 0. The van der Waals surface area contributed by atoms with Crippen LogP contribution in [0.15, 0.2) is 0 Å². The third kappa shape index (κ3) is 2.18. The molecule has 5 heteroatoms. The zero-order valence-electron chi connectivity index (χ0n) is 8.99. The van der Waals surface area contributed by atoms with E-state index in [1.165, 1.54) is 0 Å². The molecule has 0 aliphatic carbocycles. The molecule has 5 nitrogen and oxygen atoms in total. The summed E-state index contributed by atoms with van der Waals surface area (Å²) in [5.41, 5.74) is 6.53.